The smallest absolute Gasteiger partial charge is 0.303 e. The number of hydrogen-bond donors (Lipinski definition) is 2. The van der Waals surface area contributed by atoms with Crippen LogP contribution in [0.3, 0.4) is 0 Å². The molecule has 0 bridgehead atoms. The largest absolute Gasteiger partial charge is 0.490 e. The molecule has 0 aliphatic carbocycles. The van der Waals surface area contributed by atoms with Crippen molar-refractivity contribution in [3.8, 4) is 5.75 Å². The van der Waals surface area contributed by atoms with Crippen LogP contribution in [0.5, 0.6) is 5.75 Å². The normalized spacial score (nSPS) is 14.2. The standard InChI is InChI=1S/C15H22N2O5S/c1-17-9-10-22-14-7-6-12(11-13(14)17)23(20,21)16-8-4-2-3-5-15(18)19/h6-7,11,16H,2-5,8-10H2,1H3,(H,18,19). The third-order valence-corrected chi connectivity index (χ3v) is 5.15. The fourth-order valence-corrected chi connectivity index (χ4v) is 3.46. The van der Waals surface area contributed by atoms with Gasteiger partial charge in [-0.05, 0) is 31.0 Å². The van der Waals surface area contributed by atoms with Crippen molar-refractivity contribution in [1.29, 1.82) is 0 Å². The molecule has 23 heavy (non-hydrogen) atoms. The first-order chi connectivity index (χ1) is 10.9. The van der Waals surface area contributed by atoms with Gasteiger partial charge in [0, 0.05) is 20.0 Å². The maximum Gasteiger partial charge on any atom is 0.303 e. The second-order valence-corrected chi connectivity index (χ2v) is 7.27. The van der Waals surface area contributed by atoms with Gasteiger partial charge in [0.25, 0.3) is 0 Å². The summed E-state index contributed by atoms with van der Waals surface area (Å²) in [4.78, 5) is 12.6. The summed E-state index contributed by atoms with van der Waals surface area (Å²) in [5.41, 5.74) is 0.764. The summed E-state index contributed by atoms with van der Waals surface area (Å²) in [6.07, 6.45) is 1.96. The minimum absolute atomic E-state index is 0.115. The first kappa shape index (κ1) is 17.6. The number of carbonyl (C=O) groups is 1. The molecule has 0 aromatic heterocycles. The van der Waals surface area contributed by atoms with Gasteiger partial charge in [-0.2, -0.15) is 0 Å². The van der Waals surface area contributed by atoms with Gasteiger partial charge in [-0.3, -0.25) is 4.79 Å². The minimum Gasteiger partial charge on any atom is -0.490 e. The van der Waals surface area contributed by atoms with E-state index in [1.165, 1.54) is 6.07 Å². The highest BCUT2D eigenvalue weighted by molar-refractivity contribution is 7.89. The molecule has 2 N–H and O–H groups in total. The van der Waals surface area contributed by atoms with E-state index in [0.29, 0.717) is 44.7 Å². The van der Waals surface area contributed by atoms with E-state index < -0.39 is 16.0 Å². The Kier molecular flexibility index (Phi) is 5.84. The van der Waals surface area contributed by atoms with Crippen LogP contribution < -0.4 is 14.4 Å². The highest BCUT2D eigenvalue weighted by Crippen LogP contribution is 2.32. The first-order valence-corrected chi connectivity index (χ1v) is 9.08. The zero-order valence-electron chi connectivity index (χ0n) is 13.1. The molecule has 0 saturated carbocycles. The molecular weight excluding hydrogens is 320 g/mol. The molecule has 7 nitrogen and oxygen atoms in total. The molecule has 1 aromatic carbocycles. The molecule has 0 atom stereocenters. The lowest BCUT2D eigenvalue weighted by Crippen LogP contribution is -2.30. The van der Waals surface area contributed by atoms with Gasteiger partial charge in [0.1, 0.15) is 12.4 Å². The van der Waals surface area contributed by atoms with Crippen molar-refractivity contribution in [2.24, 2.45) is 0 Å². The lowest BCUT2D eigenvalue weighted by atomic mass is 10.2. The van der Waals surface area contributed by atoms with Crippen LogP contribution in [0, 0.1) is 0 Å². The van der Waals surface area contributed by atoms with Gasteiger partial charge in [-0.15, -0.1) is 0 Å². The number of anilines is 1. The van der Waals surface area contributed by atoms with Crippen LogP contribution in [0.2, 0.25) is 0 Å². The van der Waals surface area contributed by atoms with E-state index >= 15 is 0 Å². The van der Waals surface area contributed by atoms with Gasteiger partial charge in [0.2, 0.25) is 10.0 Å². The molecule has 1 heterocycles. The zero-order valence-corrected chi connectivity index (χ0v) is 13.9. The van der Waals surface area contributed by atoms with E-state index in [1.54, 1.807) is 12.1 Å². The highest BCUT2D eigenvalue weighted by Gasteiger charge is 2.20. The van der Waals surface area contributed by atoms with Gasteiger partial charge < -0.3 is 14.7 Å². The first-order valence-electron chi connectivity index (χ1n) is 7.59. The van der Waals surface area contributed by atoms with E-state index in [-0.39, 0.29) is 11.3 Å². The number of nitrogens with one attached hydrogen (secondary N) is 1. The summed E-state index contributed by atoms with van der Waals surface area (Å²) in [5.74, 6) is -0.141. The summed E-state index contributed by atoms with van der Waals surface area (Å²) in [7, 11) is -1.67. The lowest BCUT2D eigenvalue weighted by Gasteiger charge is -2.28. The molecule has 8 heteroatoms. The van der Waals surface area contributed by atoms with Crippen LogP contribution in [0.1, 0.15) is 25.7 Å². The molecule has 0 fully saturated rings. The van der Waals surface area contributed by atoms with Crippen LogP contribution in [0.15, 0.2) is 23.1 Å². The quantitative estimate of drug-likeness (QED) is 0.694. The van der Waals surface area contributed by atoms with Gasteiger partial charge in [0.05, 0.1) is 17.1 Å². The van der Waals surface area contributed by atoms with Crippen LogP contribution in [0.4, 0.5) is 5.69 Å². The lowest BCUT2D eigenvalue weighted by molar-refractivity contribution is -0.137. The monoisotopic (exact) mass is 342 g/mol. The summed E-state index contributed by atoms with van der Waals surface area (Å²) < 4.78 is 32.7. The molecule has 1 aromatic rings. The van der Waals surface area contributed by atoms with Crippen molar-refractivity contribution in [1.82, 2.24) is 4.72 Å². The van der Waals surface area contributed by atoms with Crippen molar-refractivity contribution in [2.45, 2.75) is 30.6 Å². The fraction of sp³-hybridized carbons (Fsp3) is 0.533. The SMILES string of the molecule is CN1CCOc2ccc(S(=O)(=O)NCCCCCC(=O)O)cc21. The van der Waals surface area contributed by atoms with Gasteiger partial charge >= 0.3 is 5.97 Å². The van der Waals surface area contributed by atoms with Crippen LogP contribution in [0.25, 0.3) is 0 Å². The predicted molar refractivity (Wildman–Crippen MR) is 86.5 cm³/mol. The summed E-state index contributed by atoms with van der Waals surface area (Å²) in [5, 5.41) is 8.54. The van der Waals surface area contributed by atoms with Crippen LogP contribution in [-0.2, 0) is 14.8 Å². The molecule has 0 spiro atoms. The second kappa shape index (κ2) is 7.65. The van der Waals surface area contributed by atoms with E-state index in [0.717, 1.165) is 5.69 Å². The molecule has 1 aliphatic heterocycles. The average molecular weight is 342 g/mol. The maximum atomic E-state index is 12.3. The molecule has 128 valence electrons. The van der Waals surface area contributed by atoms with E-state index in [1.807, 2.05) is 11.9 Å². The average Bonchev–Trinajstić information content (AvgIpc) is 2.50. The van der Waals surface area contributed by atoms with Crippen molar-refractivity contribution in [3.05, 3.63) is 18.2 Å². The number of nitrogens with zero attached hydrogens (tertiary/aromatic N) is 1. The number of fused-ring (bicyclic) bond motifs is 1. The molecular formula is C15H22N2O5S. The zero-order chi connectivity index (χ0) is 16.9. The van der Waals surface area contributed by atoms with Crippen molar-refractivity contribution in [2.75, 3.05) is 31.6 Å². The number of rotatable bonds is 8. The number of aliphatic carboxylic acids is 1. The summed E-state index contributed by atoms with van der Waals surface area (Å²) in [6, 6.07) is 4.82. The Hall–Kier alpha value is -1.80. The highest BCUT2D eigenvalue weighted by atomic mass is 32.2. The van der Waals surface area contributed by atoms with Gasteiger partial charge in [-0.1, -0.05) is 6.42 Å². The Morgan fingerprint density at radius 2 is 2.13 bits per heavy atom. The number of ether oxygens (including phenoxy) is 1. The molecule has 0 saturated heterocycles. The van der Waals surface area contributed by atoms with Crippen molar-refractivity contribution < 1.29 is 23.1 Å². The van der Waals surface area contributed by atoms with Gasteiger partial charge in [-0.25, -0.2) is 13.1 Å². The number of benzene rings is 1. The Labute approximate surface area is 136 Å². The summed E-state index contributed by atoms with van der Waals surface area (Å²) >= 11 is 0. The van der Waals surface area contributed by atoms with Crippen molar-refractivity contribution >= 4 is 21.7 Å². The Morgan fingerprint density at radius 3 is 2.87 bits per heavy atom. The number of carboxylic acids is 1. The molecule has 0 radical (unpaired) electrons. The number of unbranched alkanes of at least 4 members (excludes halogenated alkanes) is 2. The number of hydrogen-bond acceptors (Lipinski definition) is 5. The third-order valence-electron chi connectivity index (χ3n) is 3.70. The summed E-state index contributed by atoms with van der Waals surface area (Å²) in [6.45, 7) is 1.60. The Balaban J connectivity index is 1.92. The molecule has 0 unspecified atom stereocenters. The number of carboxylic acid groups (broad SMARTS) is 1. The van der Waals surface area contributed by atoms with E-state index in [9.17, 15) is 13.2 Å². The minimum atomic E-state index is -3.57. The maximum absolute atomic E-state index is 12.3. The van der Waals surface area contributed by atoms with Crippen LogP contribution >= 0.6 is 0 Å². The van der Waals surface area contributed by atoms with Crippen LogP contribution in [-0.4, -0.2) is 46.2 Å². The molecule has 2 rings (SSSR count). The second-order valence-electron chi connectivity index (χ2n) is 5.50. The third kappa shape index (κ3) is 4.84. The van der Waals surface area contributed by atoms with Gasteiger partial charge in [0.15, 0.2) is 0 Å². The Morgan fingerprint density at radius 1 is 1.35 bits per heavy atom. The number of likely N-dealkylation sites (N-methyl/N-ethyl adjacent to an activating group) is 1. The van der Waals surface area contributed by atoms with E-state index in [2.05, 4.69) is 4.72 Å². The number of sulfonamides is 1. The topological polar surface area (TPSA) is 95.9 Å². The molecule has 0 amide bonds. The predicted octanol–water partition coefficient (Wildman–Crippen LogP) is 1.44. The van der Waals surface area contributed by atoms with E-state index in [4.69, 9.17) is 9.84 Å². The van der Waals surface area contributed by atoms with Crippen molar-refractivity contribution in [3.63, 3.8) is 0 Å². The Bertz CT molecular complexity index is 660. The molecule has 1 aliphatic rings. The fourth-order valence-electron chi connectivity index (χ4n) is 2.37.